The molecule has 0 N–H and O–H groups in total. The van der Waals surface area contributed by atoms with E-state index in [-0.39, 0.29) is 0 Å². The van der Waals surface area contributed by atoms with Crippen LogP contribution in [0.2, 0.25) is 5.72 Å². The lowest BCUT2D eigenvalue weighted by molar-refractivity contribution is 0.539. The molecule has 0 spiro atoms. The molecule has 1 aliphatic rings. The minimum Gasteiger partial charge on any atom is -0.0932 e. The zero-order valence-corrected chi connectivity index (χ0v) is 6.85. The smallest absolute Gasteiger partial charge is 0.0932 e. The van der Waals surface area contributed by atoms with Crippen molar-refractivity contribution in [1.29, 1.82) is 0 Å². The van der Waals surface area contributed by atoms with Gasteiger partial charge in [0.05, 0.1) is 15.7 Å². The predicted molar refractivity (Wildman–Crippen MR) is 47.3 cm³/mol. The summed E-state index contributed by atoms with van der Waals surface area (Å²) in [7, 11) is 4.70. The molecule has 50 valence electrons. The first-order valence-corrected chi connectivity index (χ1v) is 4.20. The van der Waals surface area contributed by atoms with Crippen molar-refractivity contribution in [3.05, 3.63) is 0 Å². The lowest BCUT2D eigenvalue weighted by atomic mass is 9.62. The van der Waals surface area contributed by atoms with E-state index in [0.29, 0.717) is 0 Å². The van der Waals surface area contributed by atoms with E-state index in [9.17, 15) is 0 Å². The molecule has 1 fully saturated rings. The molecule has 0 bridgehead atoms. The average Bonchev–Trinajstić information content (AvgIpc) is 2.14. The summed E-state index contributed by atoms with van der Waals surface area (Å²) in [5, 5.41) is 0. The van der Waals surface area contributed by atoms with Crippen molar-refractivity contribution < 1.29 is 0 Å². The van der Waals surface area contributed by atoms with Crippen molar-refractivity contribution in [1.82, 2.24) is 0 Å². The Kier molecular flexibility index (Phi) is 2.26. The van der Waals surface area contributed by atoms with Crippen LogP contribution in [-0.4, -0.2) is 15.7 Å². The highest BCUT2D eigenvalue weighted by Gasteiger charge is 2.22. The van der Waals surface area contributed by atoms with E-state index < -0.39 is 0 Å². The molecule has 2 heteroatoms. The fourth-order valence-corrected chi connectivity index (χ4v) is 1.86. The van der Waals surface area contributed by atoms with Crippen molar-refractivity contribution in [2.75, 3.05) is 0 Å². The number of hydrogen-bond acceptors (Lipinski definition) is 0. The molecule has 0 aromatic heterocycles. The zero-order chi connectivity index (χ0) is 6.85. The fraction of sp³-hybridized carbons (Fsp3) is 1.00. The van der Waals surface area contributed by atoms with Crippen LogP contribution in [0.3, 0.4) is 0 Å². The van der Waals surface area contributed by atoms with Crippen molar-refractivity contribution in [2.24, 2.45) is 11.8 Å². The Morgan fingerprint density at radius 1 is 1.33 bits per heavy atom. The second kappa shape index (κ2) is 2.81. The van der Waals surface area contributed by atoms with Crippen molar-refractivity contribution in [3.8, 4) is 0 Å². The van der Waals surface area contributed by atoms with Gasteiger partial charge in [-0.2, -0.15) is 0 Å². The Bertz CT molecular complexity index is 90.9. The third kappa shape index (κ3) is 1.77. The van der Waals surface area contributed by atoms with E-state index in [2.05, 4.69) is 22.6 Å². The summed E-state index contributed by atoms with van der Waals surface area (Å²) < 4.78 is 0. The standard InChI is InChI=1S/C7H16B2/c1-5-2-3-6(4-5)7(8)9/h5-7H,2-4,8-9H2,1H3. The summed E-state index contributed by atoms with van der Waals surface area (Å²) in [5.41, 5.74) is 0.926. The van der Waals surface area contributed by atoms with Crippen LogP contribution in [-0.2, 0) is 0 Å². The summed E-state index contributed by atoms with van der Waals surface area (Å²) >= 11 is 0. The zero-order valence-electron chi connectivity index (χ0n) is 6.85. The molecule has 9 heavy (non-hydrogen) atoms. The molecule has 1 rings (SSSR count). The molecular formula is C7H16B2. The van der Waals surface area contributed by atoms with Gasteiger partial charge in [0.1, 0.15) is 0 Å². The Hall–Kier alpha value is 0.130. The molecule has 0 nitrogen and oxygen atoms in total. The van der Waals surface area contributed by atoms with Gasteiger partial charge < -0.3 is 0 Å². The second-order valence-corrected chi connectivity index (χ2v) is 3.92. The highest BCUT2D eigenvalue weighted by molar-refractivity contribution is 6.35. The van der Waals surface area contributed by atoms with Crippen LogP contribution < -0.4 is 0 Å². The molecule has 0 amide bonds. The van der Waals surface area contributed by atoms with Crippen LogP contribution in [0.4, 0.5) is 0 Å². The van der Waals surface area contributed by atoms with Crippen molar-refractivity contribution in [2.45, 2.75) is 31.9 Å². The first kappa shape index (κ1) is 7.24. The summed E-state index contributed by atoms with van der Waals surface area (Å²) in [6, 6.07) is 0. The topological polar surface area (TPSA) is 0 Å². The molecular weight excluding hydrogens is 106 g/mol. The minimum atomic E-state index is 0.926. The van der Waals surface area contributed by atoms with E-state index in [1.54, 1.807) is 0 Å². The fourth-order valence-electron chi connectivity index (χ4n) is 1.86. The Balaban J connectivity index is 2.30. The van der Waals surface area contributed by atoms with Gasteiger partial charge in [-0.05, 0) is 12.3 Å². The summed E-state index contributed by atoms with van der Waals surface area (Å²) in [4.78, 5) is 0. The summed E-state index contributed by atoms with van der Waals surface area (Å²) in [6.07, 6.45) is 4.44. The molecule has 0 aliphatic heterocycles. The molecule has 0 heterocycles. The van der Waals surface area contributed by atoms with Crippen LogP contribution in [0.1, 0.15) is 26.2 Å². The highest BCUT2D eigenvalue weighted by atomic mass is 14.3. The molecule has 2 unspecified atom stereocenters. The van der Waals surface area contributed by atoms with E-state index in [0.717, 1.165) is 17.6 Å². The molecule has 1 aliphatic carbocycles. The average molecular weight is 122 g/mol. The van der Waals surface area contributed by atoms with Gasteiger partial charge in [0, 0.05) is 0 Å². The quantitative estimate of drug-likeness (QED) is 0.442. The van der Waals surface area contributed by atoms with Gasteiger partial charge >= 0.3 is 0 Å². The van der Waals surface area contributed by atoms with Gasteiger partial charge in [-0.3, -0.25) is 0 Å². The van der Waals surface area contributed by atoms with Gasteiger partial charge in [-0.15, -0.1) is 0 Å². The van der Waals surface area contributed by atoms with Crippen LogP contribution in [0, 0.1) is 11.8 Å². The first-order valence-electron chi connectivity index (χ1n) is 4.20. The maximum Gasteiger partial charge on any atom is 0.0960 e. The summed E-state index contributed by atoms with van der Waals surface area (Å²) in [5.74, 6) is 2.05. The monoisotopic (exact) mass is 122 g/mol. The number of rotatable bonds is 1. The normalized spacial score (nSPS) is 35.8. The van der Waals surface area contributed by atoms with Crippen LogP contribution >= 0.6 is 0 Å². The van der Waals surface area contributed by atoms with Crippen molar-refractivity contribution >= 4 is 15.7 Å². The van der Waals surface area contributed by atoms with Crippen LogP contribution in [0.25, 0.3) is 0 Å². The number of hydrogen-bond donors (Lipinski definition) is 0. The first-order chi connectivity index (χ1) is 4.20. The second-order valence-electron chi connectivity index (χ2n) is 3.92. The molecule has 0 radical (unpaired) electrons. The van der Waals surface area contributed by atoms with E-state index in [4.69, 9.17) is 0 Å². The maximum atomic E-state index is 2.38. The molecule has 2 atom stereocenters. The predicted octanol–water partition coefficient (Wildman–Crippen LogP) is 0.435. The van der Waals surface area contributed by atoms with E-state index in [1.165, 1.54) is 19.3 Å². The highest BCUT2D eigenvalue weighted by Crippen LogP contribution is 2.35. The Morgan fingerprint density at radius 3 is 2.22 bits per heavy atom. The van der Waals surface area contributed by atoms with Crippen LogP contribution in [0.15, 0.2) is 0 Å². The van der Waals surface area contributed by atoms with E-state index in [1.807, 2.05) is 0 Å². The third-order valence-corrected chi connectivity index (χ3v) is 2.68. The van der Waals surface area contributed by atoms with E-state index >= 15 is 0 Å². The van der Waals surface area contributed by atoms with Crippen molar-refractivity contribution in [3.63, 3.8) is 0 Å². The Labute approximate surface area is 60.2 Å². The molecule has 0 aromatic rings. The van der Waals surface area contributed by atoms with Gasteiger partial charge in [0.2, 0.25) is 0 Å². The van der Waals surface area contributed by atoms with Crippen LogP contribution in [0.5, 0.6) is 0 Å². The van der Waals surface area contributed by atoms with Gasteiger partial charge in [-0.25, -0.2) is 0 Å². The SMILES string of the molecule is BC(B)C1CCC(C)C1. The van der Waals surface area contributed by atoms with Gasteiger partial charge in [0.25, 0.3) is 0 Å². The largest absolute Gasteiger partial charge is 0.0960 e. The lowest BCUT2D eigenvalue weighted by Crippen LogP contribution is -2.04. The lowest BCUT2D eigenvalue weighted by Gasteiger charge is -2.12. The van der Waals surface area contributed by atoms with Gasteiger partial charge in [-0.1, -0.05) is 31.4 Å². The molecule has 0 aromatic carbocycles. The molecule has 0 saturated heterocycles. The molecule has 1 saturated carbocycles. The summed E-state index contributed by atoms with van der Waals surface area (Å²) in [6.45, 7) is 2.38. The minimum absolute atomic E-state index is 0.926. The maximum absolute atomic E-state index is 2.38. The Morgan fingerprint density at radius 2 is 2.00 bits per heavy atom. The third-order valence-electron chi connectivity index (χ3n) is 2.68. The van der Waals surface area contributed by atoms with Gasteiger partial charge in [0.15, 0.2) is 0 Å².